The molecule has 0 saturated carbocycles. The third-order valence-corrected chi connectivity index (χ3v) is 5.13. The number of aromatic nitrogens is 1. The number of fused-ring (bicyclic) bond motifs is 1. The van der Waals surface area contributed by atoms with Crippen LogP contribution < -0.4 is 5.32 Å². The molecule has 3 aromatic carbocycles. The van der Waals surface area contributed by atoms with Gasteiger partial charge in [0, 0.05) is 16.6 Å². The molecule has 0 bridgehead atoms. The molecule has 0 aliphatic heterocycles. The number of carbonyl (C=O) groups is 3. The molecule has 7 nitrogen and oxygen atoms in total. The number of amides is 1. The Kier molecular flexibility index (Phi) is 6.31. The normalized spacial score (nSPS) is 10.6. The second kappa shape index (κ2) is 9.50. The van der Waals surface area contributed by atoms with Crippen LogP contribution in [0.3, 0.4) is 0 Å². The number of rotatable bonds is 5. The van der Waals surface area contributed by atoms with Gasteiger partial charge in [0.1, 0.15) is 5.82 Å². The van der Waals surface area contributed by atoms with E-state index in [1.165, 1.54) is 44.6 Å². The Balaban J connectivity index is 1.78. The highest BCUT2D eigenvalue weighted by Gasteiger charge is 2.18. The third-order valence-electron chi connectivity index (χ3n) is 5.13. The molecule has 0 atom stereocenters. The van der Waals surface area contributed by atoms with Gasteiger partial charge in [-0.25, -0.2) is 19.0 Å². The minimum absolute atomic E-state index is 0.0762. The number of nitrogens with one attached hydrogen (secondary N) is 1. The van der Waals surface area contributed by atoms with Crippen molar-refractivity contribution in [2.45, 2.75) is 0 Å². The van der Waals surface area contributed by atoms with Gasteiger partial charge in [-0.05, 0) is 54.6 Å². The number of nitrogens with zero attached hydrogens (tertiary/aromatic N) is 1. The molecule has 8 heteroatoms. The van der Waals surface area contributed by atoms with Gasteiger partial charge in [-0.2, -0.15) is 0 Å². The summed E-state index contributed by atoms with van der Waals surface area (Å²) in [6.07, 6.45) is 0. The summed E-state index contributed by atoms with van der Waals surface area (Å²) in [5.74, 6) is -2.21. The quantitative estimate of drug-likeness (QED) is 0.429. The third kappa shape index (κ3) is 4.61. The summed E-state index contributed by atoms with van der Waals surface area (Å²) in [5, 5.41) is 3.33. The molecule has 1 heterocycles. The number of carbonyl (C=O) groups excluding carboxylic acids is 3. The minimum atomic E-state index is -0.672. The van der Waals surface area contributed by atoms with Crippen molar-refractivity contribution >= 4 is 34.4 Å². The summed E-state index contributed by atoms with van der Waals surface area (Å²) in [4.78, 5) is 42.1. The summed E-state index contributed by atoms with van der Waals surface area (Å²) in [5.41, 5.74) is 2.38. The zero-order valence-corrected chi connectivity index (χ0v) is 18.3. The van der Waals surface area contributed by atoms with Crippen LogP contribution in [-0.2, 0) is 9.47 Å². The lowest BCUT2D eigenvalue weighted by molar-refractivity contribution is 0.0599. The van der Waals surface area contributed by atoms with E-state index in [2.05, 4.69) is 10.3 Å². The van der Waals surface area contributed by atoms with Crippen molar-refractivity contribution in [2.75, 3.05) is 19.5 Å². The van der Waals surface area contributed by atoms with Gasteiger partial charge in [0.15, 0.2) is 0 Å². The van der Waals surface area contributed by atoms with E-state index in [0.717, 1.165) is 0 Å². The van der Waals surface area contributed by atoms with E-state index in [1.807, 2.05) is 0 Å². The van der Waals surface area contributed by atoms with Crippen molar-refractivity contribution in [3.05, 3.63) is 95.3 Å². The lowest BCUT2D eigenvalue weighted by Gasteiger charge is -2.12. The van der Waals surface area contributed by atoms with E-state index in [-0.39, 0.29) is 22.6 Å². The van der Waals surface area contributed by atoms with E-state index in [1.54, 1.807) is 42.5 Å². The molecule has 170 valence electrons. The molecular formula is C26H19FN2O5. The van der Waals surface area contributed by atoms with Crippen LogP contribution in [0.1, 0.15) is 31.1 Å². The summed E-state index contributed by atoms with van der Waals surface area (Å²) in [7, 11) is 2.43. The van der Waals surface area contributed by atoms with Crippen LogP contribution in [0.15, 0.2) is 72.8 Å². The Bertz CT molecular complexity index is 1380. The number of benzene rings is 3. The van der Waals surface area contributed by atoms with Crippen LogP contribution in [-0.4, -0.2) is 37.0 Å². The molecule has 0 radical (unpaired) electrons. The molecule has 34 heavy (non-hydrogen) atoms. The second-order valence-electron chi connectivity index (χ2n) is 7.32. The first-order valence-electron chi connectivity index (χ1n) is 10.2. The van der Waals surface area contributed by atoms with Gasteiger partial charge in [-0.3, -0.25) is 4.79 Å². The first kappa shape index (κ1) is 22.6. The van der Waals surface area contributed by atoms with Gasteiger partial charge in [0.2, 0.25) is 0 Å². The number of hydrogen-bond acceptors (Lipinski definition) is 6. The number of pyridine rings is 1. The fourth-order valence-electron chi connectivity index (χ4n) is 3.50. The highest BCUT2D eigenvalue weighted by atomic mass is 19.1. The van der Waals surface area contributed by atoms with Crippen molar-refractivity contribution in [1.82, 2.24) is 4.98 Å². The number of methoxy groups -OCH3 is 2. The van der Waals surface area contributed by atoms with Crippen LogP contribution in [0, 0.1) is 5.82 Å². The average Bonchev–Trinajstić information content (AvgIpc) is 2.87. The smallest absolute Gasteiger partial charge is 0.337 e. The molecule has 4 rings (SSSR count). The maximum absolute atomic E-state index is 13.4. The van der Waals surface area contributed by atoms with Crippen LogP contribution in [0.2, 0.25) is 0 Å². The van der Waals surface area contributed by atoms with Gasteiger partial charge >= 0.3 is 11.9 Å². The molecule has 4 aromatic rings. The fraction of sp³-hybridized carbons (Fsp3) is 0.0769. The van der Waals surface area contributed by atoms with E-state index in [0.29, 0.717) is 27.7 Å². The summed E-state index contributed by atoms with van der Waals surface area (Å²) in [6.45, 7) is 0. The first-order chi connectivity index (χ1) is 16.4. The maximum atomic E-state index is 13.4. The topological polar surface area (TPSA) is 94.6 Å². The van der Waals surface area contributed by atoms with Crippen molar-refractivity contribution in [3.8, 4) is 11.3 Å². The van der Waals surface area contributed by atoms with Crippen LogP contribution in [0.25, 0.3) is 22.2 Å². The van der Waals surface area contributed by atoms with Crippen molar-refractivity contribution in [3.63, 3.8) is 0 Å². The number of anilines is 1. The highest BCUT2D eigenvalue weighted by molar-refractivity contribution is 6.13. The molecule has 0 fully saturated rings. The van der Waals surface area contributed by atoms with Gasteiger partial charge < -0.3 is 14.8 Å². The van der Waals surface area contributed by atoms with E-state index >= 15 is 0 Å². The Morgan fingerprint density at radius 1 is 0.824 bits per heavy atom. The Labute approximate surface area is 194 Å². The molecule has 1 N–H and O–H groups in total. The van der Waals surface area contributed by atoms with Crippen LogP contribution in [0.4, 0.5) is 10.1 Å². The summed E-state index contributed by atoms with van der Waals surface area (Å²) < 4.78 is 22.9. The number of esters is 2. The summed E-state index contributed by atoms with van der Waals surface area (Å²) in [6, 6.07) is 18.6. The lowest BCUT2D eigenvalue weighted by atomic mass is 10.0. The predicted molar refractivity (Wildman–Crippen MR) is 124 cm³/mol. The monoisotopic (exact) mass is 458 g/mol. The van der Waals surface area contributed by atoms with Crippen LogP contribution in [0.5, 0.6) is 0 Å². The number of halogens is 1. The van der Waals surface area contributed by atoms with E-state index < -0.39 is 17.8 Å². The Morgan fingerprint density at radius 2 is 1.44 bits per heavy atom. The SMILES string of the molecule is COC(=O)c1cc(NC(=O)c2cc(-c3ccc(F)cc3)nc3ccccc23)cc(C(=O)OC)c1. The second-order valence-corrected chi connectivity index (χ2v) is 7.32. The molecule has 0 spiro atoms. The molecule has 0 unspecified atom stereocenters. The molecule has 0 saturated heterocycles. The zero-order chi connectivity index (χ0) is 24.2. The number of hydrogen-bond donors (Lipinski definition) is 1. The van der Waals surface area contributed by atoms with Crippen molar-refractivity contribution in [1.29, 1.82) is 0 Å². The standard InChI is InChI=1S/C26H19FN2O5/c1-33-25(31)16-11-17(26(32)34-2)13-19(12-16)28-24(30)21-14-23(15-7-9-18(27)10-8-15)29-22-6-4-3-5-20(21)22/h3-14H,1-2H3,(H,28,30). The number of para-hydroxylation sites is 1. The largest absolute Gasteiger partial charge is 0.465 e. The Morgan fingerprint density at radius 3 is 2.06 bits per heavy atom. The number of ether oxygens (including phenoxy) is 2. The van der Waals surface area contributed by atoms with Gasteiger partial charge in [-0.15, -0.1) is 0 Å². The lowest BCUT2D eigenvalue weighted by Crippen LogP contribution is -2.15. The van der Waals surface area contributed by atoms with E-state index in [4.69, 9.17) is 9.47 Å². The molecule has 1 aromatic heterocycles. The predicted octanol–water partition coefficient (Wildman–Crippen LogP) is 4.87. The fourth-order valence-corrected chi connectivity index (χ4v) is 3.50. The minimum Gasteiger partial charge on any atom is -0.465 e. The molecule has 1 amide bonds. The molecular weight excluding hydrogens is 439 g/mol. The van der Waals surface area contributed by atoms with E-state index in [9.17, 15) is 18.8 Å². The molecule has 0 aliphatic carbocycles. The summed E-state index contributed by atoms with van der Waals surface area (Å²) >= 11 is 0. The van der Waals surface area contributed by atoms with Gasteiger partial charge in [0.25, 0.3) is 5.91 Å². The molecule has 0 aliphatic rings. The first-order valence-corrected chi connectivity index (χ1v) is 10.2. The highest BCUT2D eigenvalue weighted by Crippen LogP contribution is 2.26. The average molecular weight is 458 g/mol. The van der Waals surface area contributed by atoms with Gasteiger partial charge in [0.05, 0.1) is 42.1 Å². The van der Waals surface area contributed by atoms with Crippen LogP contribution >= 0.6 is 0 Å². The van der Waals surface area contributed by atoms with Crippen molar-refractivity contribution < 1.29 is 28.2 Å². The van der Waals surface area contributed by atoms with Gasteiger partial charge in [-0.1, -0.05) is 18.2 Å². The zero-order valence-electron chi connectivity index (χ0n) is 18.3. The Hall–Kier alpha value is -4.59. The maximum Gasteiger partial charge on any atom is 0.337 e. The van der Waals surface area contributed by atoms with Crippen molar-refractivity contribution in [2.24, 2.45) is 0 Å².